The van der Waals surface area contributed by atoms with Gasteiger partial charge < -0.3 is 20.1 Å². The summed E-state index contributed by atoms with van der Waals surface area (Å²) in [5, 5.41) is 0.548. The molecular weight excluding hydrogens is 268 g/mol. The summed E-state index contributed by atoms with van der Waals surface area (Å²) in [6.45, 7) is 0.407. The molecule has 0 aromatic heterocycles. The smallest absolute Gasteiger partial charge is 0.259 e. The second-order valence-corrected chi connectivity index (χ2v) is 4.65. The summed E-state index contributed by atoms with van der Waals surface area (Å²) in [5.74, 6) is 0.894. The number of nitrogens with zero attached hydrogens (tertiary/aromatic N) is 1. The number of carbonyl (C=O) groups is 1. The van der Waals surface area contributed by atoms with Crippen molar-refractivity contribution in [3.05, 3.63) is 22.7 Å². The van der Waals surface area contributed by atoms with Crippen molar-refractivity contribution in [2.24, 2.45) is 5.73 Å². The summed E-state index contributed by atoms with van der Waals surface area (Å²) < 4.78 is 10.8. The van der Waals surface area contributed by atoms with E-state index in [0.717, 1.165) is 5.56 Å². The predicted octanol–water partition coefficient (Wildman–Crippen LogP) is 1.32. The lowest BCUT2D eigenvalue weighted by atomic mass is 10.1. The zero-order valence-electron chi connectivity index (χ0n) is 11.4. The molecule has 0 radical (unpaired) electrons. The highest BCUT2D eigenvalue weighted by molar-refractivity contribution is 6.30. The van der Waals surface area contributed by atoms with Gasteiger partial charge in [0.25, 0.3) is 5.91 Å². The predicted molar refractivity (Wildman–Crippen MR) is 75.0 cm³/mol. The van der Waals surface area contributed by atoms with E-state index < -0.39 is 0 Å². The largest absolute Gasteiger partial charge is 0.493 e. The Labute approximate surface area is 118 Å². The Morgan fingerprint density at radius 2 is 2.11 bits per heavy atom. The number of nitrogens with two attached hydrogens (primary N) is 1. The molecule has 1 amide bonds. The van der Waals surface area contributed by atoms with Gasteiger partial charge in [0.05, 0.1) is 7.11 Å². The van der Waals surface area contributed by atoms with Gasteiger partial charge in [0.2, 0.25) is 0 Å². The highest BCUT2D eigenvalue weighted by Crippen LogP contribution is 2.34. The minimum atomic E-state index is -0.129. The van der Waals surface area contributed by atoms with Crippen LogP contribution in [0, 0.1) is 0 Å². The Bertz CT molecular complexity index is 450. The van der Waals surface area contributed by atoms with Crippen molar-refractivity contribution in [1.82, 2.24) is 4.90 Å². The number of halogens is 1. The van der Waals surface area contributed by atoms with Gasteiger partial charge in [-0.15, -0.1) is 0 Å². The van der Waals surface area contributed by atoms with Crippen molar-refractivity contribution in [2.75, 3.05) is 34.4 Å². The van der Waals surface area contributed by atoms with E-state index in [9.17, 15) is 4.79 Å². The Balaban J connectivity index is 2.98. The Kier molecular flexibility index (Phi) is 5.92. The number of rotatable bonds is 6. The molecule has 2 N–H and O–H groups in total. The zero-order valence-corrected chi connectivity index (χ0v) is 12.2. The molecule has 106 valence electrons. The first-order chi connectivity index (χ1) is 8.99. The van der Waals surface area contributed by atoms with Crippen LogP contribution in [0.25, 0.3) is 0 Å². The summed E-state index contributed by atoms with van der Waals surface area (Å²) in [7, 11) is 4.87. The van der Waals surface area contributed by atoms with E-state index in [1.165, 1.54) is 12.0 Å². The summed E-state index contributed by atoms with van der Waals surface area (Å²) >= 11 is 6.00. The standard InChI is InChI=1S/C13H19ClN2O3/c1-16(2)12(17)8-19-13-9(4-5-15)6-10(14)7-11(13)18-3/h6-7H,4-5,8,15H2,1-3H3. The molecule has 0 unspecified atom stereocenters. The summed E-state index contributed by atoms with van der Waals surface area (Å²) in [4.78, 5) is 13.0. The summed E-state index contributed by atoms with van der Waals surface area (Å²) in [5.41, 5.74) is 6.39. The fourth-order valence-electron chi connectivity index (χ4n) is 1.54. The van der Waals surface area contributed by atoms with E-state index in [0.29, 0.717) is 29.5 Å². The molecule has 0 spiro atoms. The minimum absolute atomic E-state index is 0.0530. The van der Waals surface area contributed by atoms with E-state index in [2.05, 4.69) is 0 Å². The molecule has 6 heteroatoms. The fraction of sp³-hybridized carbons (Fsp3) is 0.462. The van der Waals surface area contributed by atoms with E-state index in [-0.39, 0.29) is 12.5 Å². The lowest BCUT2D eigenvalue weighted by Gasteiger charge is -2.16. The molecular formula is C13H19ClN2O3. The van der Waals surface area contributed by atoms with Crippen molar-refractivity contribution in [1.29, 1.82) is 0 Å². The molecule has 0 saturated carbocycles. The molecule has 0 aliphatic carbocycles. The molecule has 0 bridgehead atoms. The maximum atomic E-state index is 11.6. The van der Waals surface area contributed by atoms with Crippen LogP contribution in [0.15, 0.2) is 12.1 Å². The number of hydrogen-bond donors (Lipinski definition) is 1. The quantitative estimate of drug-likeness (QED) is 0.856. The normalized spacial score (nSPS) is 10.2. The fourth-order valence-corrected chi connectivity index (χ4v) is 1.77. The van der Waals surface area contributed by atoms with E-state index in [4.69, 9.17) is 26.8 Å². The van der Waals surface area contributed by atoms with Crippen molar-refractivity contribution in [3.8, 4) is 11.5 Å². The van der Waals surface area contributed by atoms with Gasteiger partial charge in [-0.1, -0.05) is 11.6 Å². The van der Waals surface area contributed by atoms with Crippen molar-refractivity contribution in [2.45, 2.75) is 6.42 Å². The average molecular weight is 287 g/mol. The van der Waals surface area contributed by atoms with Crippen LogP contribution >= 0.6 is 11.6 Å². The van der Waals surface area contributed by atoms with Crippen molar-refractivity contribution in [3.63, 3.8) is 0 Å². The van der Waals surface area contributed by atoms with Crippen molar-refractivity contribution < 1.29 is 14.3 Å². The average Bonchev–Trinajstić information content (AvgIpc) is 2.36. The Morgan fingerprint density at radius 1 is 1.42 bits per heavy atom. The third kappa shape index (κ3) is 4.29. The first-order valence-corrected chi connectivity index (χ1v) is 6.26. The molecule has 0 heterocycles. The number of hydrogen-bond acceptors (Lipinski definition) is 4. The highest BCUT2D eigenvalue weighted by atomic mass is 35.5. The molecule has 0 aliphatic rings. The van der Waals surface area contributed by atoms with Gasteiger partial charge >= 0.3 is 0 Å². The molecule has 0 aliphatic heterocycles. The van der Waals surface area contributed by atoms with Crippen LogP contribution in [0.5, 0.6) is 11.5 Å². The molecule has 0 atom stereocenters. The van der Waals surface area contributed by atoms with Crippen LogP contribution in [0.1, 0.15) is 5.56 Å². The molecule has 0 fully saturated rings. The molecule has 5 nitrogen and oxygen atoms in total. The second kappa shape index (κ2) is 7.21. The molecule has 1 rings (SSSR count). The number of ether oxygens (including phenoxy) is 2. The number of amides is 1. The minimum Gasteiger partial charge on any atom is -0.493 e. The highest BCUT2D eigenvalue weighted by Gasteiger charge is 2.14. The number of methoxy groups -OCH3 is 1. The first-order valence-electron chi connectivity index (χ1n) is 5.89. The molecule has 1 aromatic rings. The SMILES string of the molecule is COc1cc(Cl)cc(CCN)c1OCC(=O)N(C)C. The van der Waals surface area contributed by atoms with Gasteiger partial charge in [-0.2, -0.15) is 0 Å². The van der Waals surface area contributed by atoms with Gasteiger partial charge in [0.1, 0.15) is 0 Å². The van der Waals surface area contributed by atoms with Gasteiger partial charge in [-0.05, 0) is 19.0 Å². The van der Waals surface area contributed by atoms with Crippen molar-refractivity contribution >= 4 is 17.5 Å². The van der Waals surface area contributed by atoms with E-state index in [1.807, 2.05) is 0 Å². The van der Waals surface area contributed by atoms with Gasteiger partial charge in [-0.3, -0.25) is 4.79 Å². The summed E-state index contributed by atoms with van der Waals surface area (Å²) in [6.07, 6.45) is 0.600. The van der Waals surface area contributed by atoms with Gasteiger partial charge in [0.15, 0.2) is 18.1 Å². The maximum Gasteiger partial charge on any atom is 0.259 e. The van der Waals surface area contributed by atoms with Crippen LogP contribution in [-0.2, 0) is 11.2 Å². The summed E-state index contributed by atoms with van der Waals surface area (Å²) in [6, 6.07) is 3.42. The van der Waals surface area contributed by atoms with E-state index in [1.54, 1.807) is 26.2 Å². The van der Waals surface area contributed by atoms with Crippen LogP contribution in [-0.4, -0.2) is 45.2 Å². The maximum absolute atomic E-state index is 11.6. The number of benzene rings is 1. The zero-order chi connectivity index (χ0) is 14.4. The number of likely N-dealkylation sites (N-methyl/N-ethyl adjacent to an activating group) is 1. The Hall–Kier alpha value is -1.46. The lowest BCUT2D eigenvalue weighted by Crippen LogP contribution is -2.27. The molecule has 19 heavy (non-hydrogen) atoms. The van der Waals surface area contributed by atoms with Crippen LogP contribution in [0.2, 0.25) is 5.02 Å². The second-order valence-electron chi connectivity index (χ2n) is 4.21. The third-order valence-electron chi connectivity index (χ3n) is 2.57. The third-order valence-corrected chi connectivity index (χ3v) is 2.79. The Morgan fingerprint density at radius 3 is 2.63 bits per heavy atom. The van der Waals surface area contributed by atoms with E-state index >= 15 is 0 Å². The molecule has 0 saturated heterocycles. The van der Waals surface area contributed by atoms with Crippen LogP contribution < -0.4 is 15.2 Å². The van der Waals surface area contributed by atoms with Crippen LogP contribution in [0.4, 0.5) is 0 Å². The van der Waals surface area contributed by atoms with Crippen LogP contribution in [0.3, 0.4) is 0 Å². The monoisotopic (exact) mass is 286 g/mol. The van der Waals surface area contributed by atoms with Gasteiger partial charge in [-0.25, -0.2) is 0 Å². The molecule has 1 aromatic carbocycles. The topological polar surface area (TPSA) is 64.8 Å². The van der Waals surface area contributed by atoms with Gasteiger partial charge in [0, 0.05) is 30.7 Å². The lowest BCUT2D eigenvalue weighted by molar-refractivity contribution is -0.130. The first kappa shape index (κ1) is 15.6. The number of carbonyl (C=O) groups excluding carboxylic acids is 1.